The molecule has 0 amide bonds. The molecular weight excluding hydrogens is 216 g/mol. The number of rotatable bonds is 5. The Labute approximate surface area is 102 Å². The Morgan fingerprint density at radius 3 is 2.59 bits per heavy atom. The number of esters is 1. The topological polar surface area (TPSA) is 51.2 Å². The van der Waals surface area contributed by atoms with Gasteiger partial charge in [-0.2, -0.15) is 0 Å². The lowest BCUT2D eigenvalue weighted by molar-refractivity contribution is -0.150. The highest BCUT2D eigenvalue weighted by Gasteiger charge is 2.28. The Bertz CT molecular complexity index is 363. The summed E-state index contributed by atoms with van der Waals surface area (Å²) in [4.78, 5) is 15.5. The predicted octanol–water partition coefficient (Wildman–Crippen LogP) is 1.93. The monoisotopic (exact) mass is 236 g/mol. The minimum atomic E-state index is -0.518. The average Bonchev–Trinajstić information content (AvgIpc) is 2.36. The number of carbonyl (C=O) groups is 1. The second-order valence-corrected chi connectivity index (χ2v) is 4.76. The van der Waals surface area contributed by atoms with Crippen LogP contribution in [0.2, 0.25) is 0 Å². The van der Waals surface area contributed by atoms with Crippen LogP contribution < -0.4 is 5.32 Å². The Hall–Kier alpha value is -1.42. The summed E-state index contributed by atoms with van der Waals surface area (Å²) in [6.07, 6.45) is 3.53. The van der Waals surface area contributed by atoms with Crippen molar-refractivity contribution in [1.29, 1.82) is 0 Å². The summed E-state index contributed by atoms with van der Waals surface area (Å²) in [5.74, 6) is -0.202. The van der Waals surface area contributed by atoms with E-state index in [4.69, 9.17) is 4.74 Å². The number of ether oxygens (including phenoxy) is 1. The van der Waals surface area contributed by atoms with Gasteiger partial charge in [-0.05, 0) is 38.5 Å². The molecule has 0 fully saturated rings. The molecule has 0 spiro atoms. The van der Waals surface area contributed by atoms with Gasteiger partial charge in [-0.1, -0.05) is 0 Å². The van der Waals surface area contributed by atoms with Crippen molar-refractivity contribution in [2.24, 2.45) is 5.41 Å². The number of hydrogen-bond acceptors (Lipinski definition) is 4. The highest BCUT2D eigenvalue weighted by molar-refractivity contribution is 5.76. The van der Waals surface area contributed by atoms with Crippen LogP contribution in [0.25, 0.3) is 0 Å². The maximum absolute atomic E-state index is 11.5. The van der Waals surface area contributed by atoms with E-state index in [-0.39, 0.29) is 12.0 Å². The summed E-state index contributed by atoms with van der Waals surface area (Å²) in [5, 5.41) is 3.33. The molecule has 0 radical (unpaired) electrons. The van der Waals surface area contributed by atoms with Crippen LogP contribution in [0.3, 0.4) is 0 Å². The zero-order valence-electron chi connectivity index (χ0n) is 10.9. The van der Waals surface area contributed by atoms with E-state index in [1.165, 1.54) is 7.11 Å². The summed E-state index contributed by atoms with van der Waals surface area (Å²) < 4.78 is 4.76. The van der Waals surface area contributed by atoms with Crippen LogP contribution in [0.1, 0.15) is 32.4 Å². The number of nitrogens with one attached hydrogen (secondary N) is 1. The van der Waals surface area contributed by atoms with Crippen LogP contribution in [0.15, 0.2) is 24.5 Å². The van der Waals surface area contributed by atoms with Gasteiger partial charge in [0.25, 0.3) is 0 Å². The standard InChI is InChI=1S/C13H20N2O2/c1-10(11-5-7-14-8-6-11)15-9-13(2,3)12(16)17-4/h5-8,10,15H,9H2,1-4H3. The molecular formula is C13H20N2O2. The Morgan fingerprint density at radius 1 is 1.47 bits per heavy atom. The molecule has 4 heteroatoms. The van der Waals surface area contributed by atoms with Gasteiger partial charge in [0.05, 0.1) is 12.5 Å². The molecule has 1 aromatic rings. The lowest BCUT2D eigenvalue weighted by Crippen LogP contribution is -2.37. The molecule has 0 saturated heterocycles. The van der Waals surface area contributed by atoms with Gasteiger partial charge in [0.15, 0.2) is 0 Å². The highest BCUT2D eigenvalue weighted by atomic mass is 16.5. The molecule has 4 nitrogen and oxygen atoms in total. The van der Waals surface area contributed by atoms with Crippen molar-refractivity contribution >= 4 is 5.97 Å². The van der Waals surface area contributed by atoms with Crippen molar-refractivity contribution in [1.82, 2.24) is 10.3 Å². The fourth-order valence-corrected chi connectivity index (χ4v) is 1.53. The first-order chi connectivity index (χ1) is 7.97. The van der Waals surface area contributed by atoms with E-state index in [9.17, 15) is 4.79 Å². The molecule has 1 N–H and O–H groups in total. The van der Waals surface area contributed by atoms with Gasteiger partial charge in [-0.15, -0.1) is 0 Å². The smallest absolute Gasteiger partial charge is 0.312 e. The van der Waals surface area contributed by atoms with E-state index in [0.29, 0.717) is 6.54 Å². The number of pyridine rings is 1. The van der Waals surface area contributed by atoms with Crippen LogP contribution in [0.5, 0.6) is 0 Å². The zero-order chi connectivity index (χ0) is 12.9. The van der Waals surface area contributed by atoms with Gasteiger partial charge in [0.1, 0.15) is 0 Å². The van der Waals surface area contributed by atoms with Gasteiger partial charge in [0.2, 0.25) is 0 Å². The van der Waals surface area contributed by atoms with E-state index in [2.05, 4.69) is 17.2 Å². The molecule has 0 aromatic carbocycles. The lowest BCUT2D eigenvalue weighted by atomic mass is 9.93. The lowest BCUT2D eigenvalue weighted by Gasteiger charge is -2.24. The molecule has 0 saturated carbocycles. The number of nitrogens with zero attached hydrogens (tertiary/aromatic N) is 1. The first kappa shape index (κ1) is 13.6. The average molecular weight is 236 g/mol. The van der Waals surface area contributed by atoms with Gasteiger partial charge in [0, 0.05) is 25.0 Å². The summed E-state index contributed by atoms with van der Waals surface area (Å²) in [7, 11) is 1.41. The first-order valence-corrected chi connectivity index (χ1v) is 5.69. The quantitative estimate of drug-likeness (QED) is 0.794. The molecule has 94 valence electrons. The molecule has 17 heavy (non-hydrogen) atoms. The fraction of sp³-hybridized carbons (Fsp3) is 0.538. The third-order valence-corrected chi connectivity index (χ3v) is 2.79. The molecule has 0 aliphatic carbocycles. The summed E-state index contributed by atoms with van der Waals surface area (Å²) >= 11 is 0. The fourth-order valence-electron chi connectivity index (χ4n) is 1.53. The van der Waals surface area contributed by atoms with Crippen LogP contribution in [-0.4, -0.2) is 24.6 Å². The molecule has 1 rings (SSSR count). The highest BCUT2D eigenvalue weighted by Crippen LogP contribution is 2.18. The number of hydrogen-bond donors (Lipinski definition) is 1. The molecule has 1 atom stereocenters. The minimum absolute atomic E-state index is 0.182. The van der Waals surface area contributed by atoms with Gasteiger partial charge in [-0.3, -0.25) is 9.78 Å². The molecule has 1 unspecified atom stereocenters. The number of aromatic nitrogens is 1. The Kier molecular flexibility index (Phi) is 4.63. The first-order valence-electron chi connectivity index (χ1n) is 5.69. The van der Waals surface area contributed by atoms with Crippen molar-refractivity contribution in [3.63, 3.8) is 0 Å². The van der Waals surface area contributed by atoms with E-state index in [1.807, 2.05) is 26.0 Å². The maximum atomic E-state index is 11.5. The maximum Gasteiger partial charge on any atom is 0.312 e. The van der Waals surface area contributed by atoms with E-state index < -0.39 is 5.41 Å². The van der Waals surface area contributed by atoms with Crippen molar-refractivity contribution in [3.05, 3.63) is 30.1 Å². The van der Waals surface area contributed by atoms with E-state index in [1.54, 1.807) is 12.4 Å². The second kappa shape index (κ2) is 5.77. The summed E-state index contributed by atoms with van der Waals surface area (Å²) in [5.41, 5.74) is 0.636. The number of carbonyl (C=O) groups excluding carboxylic acids is 1. The second-order valence-electron chi connectivity index (χ2n) is 4.76. The third kappa shape index (κ3) is 3.82. The van der Waals surface area contributed by atoms with Crippen LogP contribution in [0, 0.1) is 5.41 Å². The zero-order valence-corrected chi connectivity index (χ0v) is 10.9. The van der Waals surface area contributed by atoms with Crippen LogP contribution in [-0.2, 0) is 9.53 Å². The normalized spacial score (nSPS) is 13.2. The Morgan fingerprint density at radius 2 is 2.06 bits per heavy atom. The van der Waals surface area contributed by atoms with Gasteiger partial charge < -0.3 is 10.1 Å². The minimum Gasteiger partial charge on any atom is -0.469 e. The molecule has 1 aromatic heterocycles. The molecule has 0 bridgehead atoms. The van der Waals surface area contributed by atoms with Gasteiger partial charge in [-0.25, -0.2) is 0 Å². The summed E-state index contributed by atoms with van der Waals surface area (Å²) in [6, 6.07) is 4.10. The van der Waals surface area contributed by atoms with Gasteiger partial charge >= 0.3 is 5.97 Å². The van der Waals surface area contributed by atoms with Crippen LogP contribution in [0.4, 0.5) is 0 Å². The Balaban J connectivity index is 2.54. The van der Waals surface area contributed by atoms with Crippen LogP contribution >= 0.6 is 0 Å². The molecule has 0 aliphatic heterocycles. The van der Waals surface area contributed by atoms with E-state index in [0.717, 1.165) is 5.56 Å². The van der Waals surface area contributed by atoms with Crippen molar-refractivity contribution in [2.75, 3.05) is 13.7 Å². The van der Waals surface area contributed by atoms with Crippen molar-refractivity contribution < 1.29 is 9.53 Å². The predicted molar refractivity (Wildman–Crippen MR) is 66.5 cm³/mol. The van der Waals surface area contributed by atoms with E-state index >= 15 is 0 Å². The third-order valence-electron chi connectivity index (χ3n) is 2.79. The van der Waals surface area contributed by atoms with Crippen molar-refractivity contribution in [2.45, 2.75) is 26.8 Å². The largest absolute Gasteiger partial charge is 0.469 e. The molecule has 1 heterocycles. The SMILES string of the molecule is COC(=O)C(C)(C)CNC(C)c1ccncc1. The molecule has 0 aliphatic rings. The number of methoxy groups -OCH3 is 1. The van der Waals surface area contributed by atoms with Crippen molar-refractivity contribution in [3.8, 4) is 0 Å². The summed E-state index contributed by atoms with van der Waals surface area (Å²) in [6.45, 7) is 6.36.